The number of fused-ring (bicyclic) bond motifs is 2. The summed E-state index contributed by atoms with van der Waals surface area (Å²) < 4.78 is 0. The number of pyridine rings is 1. The molecule has 2 amide bonds. The van der Waals surface area contributed by atoms with Crippen LogP contribution in [0.3, 0.4) is 0 Å². The molecule has 4 aromatic rings. The number of hydrogen-bond acceptors (Lipinski definition) is 3. The largest absolute Gasteiger partial charge is 0.339 e. The van der Waals surface area contributed by atoms with Crippen LogP contribution in [0.25, 0.3) is 22.6 Å². The average Bonchev–Trinajstić information content (AvgIpc) is 3.34. The number of piperidine rings is 1. The fraction of sp³-hybridized carbons (Fsp3) is 0.219. The van der Waals surface area contributed by atoms with E-state index in [1.54, 1.807) is 0 Å². The second-order valence-corrected chi connectivity index (χ2v) is 9.83. The van der Waals surface area contributed by atoms with Crippen LogP contribution in [-0.4, -0.2) is 34.8 Å². The van der Waals surface area contributed by atoms with E-state index in [4.69, 9.17) is 4.98 Å². The van der Waals surface area contributed by atoms with Crippen molar-refractivity contribution in [1.82, 2.24) is 9.88 Å². The first-order chi connectivity index (χ1) is 18.2. The molecular weight excluding hydrogens is 458 g/mol. The summed E-state index contributed by atoms with van der Waals surface area (Å²) >= 11 is 0. The van der Waals surface area contributed by atoms with Crippen molar-refractivity contribution in [2.24, 2.45) is 5.92 Å². The minimum absolute atomic E-state index is 0.0317. The number of benzene rings is 3. The van der Waals surface area contributed by atoms with Crippen molar-refractivity contribution in [3.8, 4) is 0 Å². The second kappa shape index (κ2) is 10.0. The van der Waals surface area contributed by atoms with Crippen LogP contribution in [0.4, 0.5) is 5.69 Å². The average molecular weight is 488 g/mol. The van der Waals surface area contributed by atoms with Gasteiger partial charge in [-0.15, -0.1) is 0 Å². The highest BCUT2D eigenvalue weighted by molar-refractivity contribution is 6.09. The molecule has 1 aromatic heterocycles. The topological polar surface area (TPSA) is 62.3 Å². The SMILES string of the molecule is O=C(Nc1ccccc1)C1CCN(C(=O)c2c3c(nc4ccccc24)/C(=C/c2ccccc2)CC3)CC1. The Kier molecular flexibility index (Phi) is 6.27. The summed E-state index contributed by atoms with van der Waals surface area (Å²) in [5.74, 6) is -0.00784. The Bertz CT molecular complexity index is 1490. The van der Waals surface area contributed by atoms with Crippen LogP contribution in [0.5, 0.6) is 0 Å². The van der Waals surface area contributed by atoms with Crippen LogP contribution in [-0.2, 0) is 11.2 Å². The monoisotopic (exact) mass is 487 g/mol. The zero-order chi connectivity index (χ0) is 25.2. The van der Waals surface area contributed by atoms with Crippen LogP contribution in [0.2, 0.25) is 0 Å². The quantitative estimate of drug-likeness (QED) is 0.372. The molecule has 1 saturated heterocycles. The maximum atomic E-state index is 14.0. The summed E-state index contributed by atoms with van der Waals surface area (Å²) in [5, 5.41) is 3.93. The number of nitrogens with one attached hydrogen (secondary N) is 1. The lowest BCUT2D eigenvalue weighted by Crippen LogP contribution is -2.41. The molecule has 0 bridgehead atoms. The molecule has 0 unspecified atom stereocenters. The molecule has 1 aliphatic carbocycles. The predicted molar refractivity (Wildman–Crippen MR) is 148 cm³/mol. The lowest BCUT2D eigenvalue weighted by molar-refractivity contribution is -0.121. The van der Waals surface area contributed by atoms with E-state index >= 15 is 0 Å². The van der Waals surface area contributed by atoms with Gasteiger partial charge in [-0.3, -0.25) is 9.59 Å². The van der Waals surface area contributed by atoms with E-state index in [0.29, 0.717) is 25.9 Å². The third-order valence-electron chi connectivity index (χ3n) is 7.49. The van der Waals surface area contributed by atoms with Gasteiger partial charge in [0.2, 0.25) is 5.91 Å². The number of nitrogens with zero attached hydrogens (tertiary/aromatic N) is 2. The van der Waals surface area contributed by atoms with Gasteiger partial charge in [0.1, 0.15) is 0 Å². The van der Waals surface area contributed by atoms with Gasteiger partial charge in [-0.1, -0.05) is 66.7 Å². The van der Waals surface area contributed by atoms with Crippen LogP contribution in [0.15, 0.2) is 84.9 Å². The van der Waals surface area contributed by atoms with E-state index in [-0.39, 0.29) is 17.7 Å². The molecule has 37 heavy (non-hydrogen) atoms. The van der Waals surface area contributed by atoms with Gasteiger partial charge in [0.05, 0.1) is 16.8 Å². The number of carbonyl (C=O) groups excluding carboxylic acids is 2. The zero-order valence-electron chi connectivity index (χ0n) is 20.7. The molecule has 2 aliphatic rings. The highest BCUT2D eigenvalue weighted by atomic mass is 16.2. The lowest BCUT2D eigenvalue weighted by Gasteiger charge is -2.32. The molecule has 2 heterocycles. The summed E-state index contributed by atoms with van der Waals surface area (Å²) in [6, 6.07) is 27.8. The fourth-order valence-electron chi connectivity index (χ4n) is 5.54. The number of aromatic nitrogens is 1. The minimum Gasteiger partial charge on any atom is -0.339 e. The van der Waals surface area contributed by atoms with Crippen molar-refractivity contribution in [3.63, 3.8) is 0 Å². The molecule has 0 atom stereocenters. The van der Waals surface area contributed by atoms with Gasteiger partial charge in [0.15, 0.2) is 0 Å². The molecular formula is C32H29N3O2. The number of para-hydroxylation sites is 2. The Morgan fingerprint density at radius 2 is 1.51 bits per heavy atom. The summed E-state index contributed by atoms with van der Waals surface area (Å²) in [4.78, 5) is 33.7. The van der Waals surface area contributed by atoms with Gasteiger partial charge in [-0.25, -0.2) is 4.98 Å². The van der Waals surface area contributed by atoms with Crippen LogP contribution in [0, 0.1) is 5.92 Å². The molecule has 1 N–H and O–H groups in total. The maximum absolute atomic E-state index is 14.0. The van der Waals surface area contributed by atoms with Crippen LogP contribution in [0.1, 0.15) is 46.4 Å². The van der Waals surface area contributed by atoms with Crippen molar-refractivity contribution in [2.45, 2.75) is 25.7 Å². The first-order valence-corrected chi connectivity index (χ1v) is 13.0. The number of likely N-dealkylation sites (tertiary alicyclic amines) is 1. The van der Waals surface area contributed by atoms with E-state index in [2.05, 4.69) is 23.5 Å². The molecule has 5 heteroatoms. The van der Waals surface area contributed by atoms with Gasteiger partial charge >= 0.3 is 0 Å². The summed E-state index contributed by atoms with van der Waals surface area (Å²) in [6.07, 6.45) is 5.20. The maximum Gasteiger partial charge on any atom is 0.254 e. The molecule has 6 rings (SSSR count). The van der Waals surface area contributed by atoms with E-state index < -0.39 is 0 Å². The highest BCUT2D eigenvalue weighted by Crippen LogP contribution is 2.38. The van der Waals surface area contributed by atoms with Gasteiger partial charge in [-0.05, 0) is 66.7 Å². The molecule has 0 radical (unpaired) electrons. The minimum atomic E-state index is -0.0930. The predicted octanol–water partition coefficient (Wildman–Crippen LogP) is 6.21. The highest BCUT2D eigenvalue weighted by Gasteiger charge is 2.32. The van der Waals surface area contributed by atoms with Gasteiger partial charge < -0.3 is 10.2 Å². The van der Waals surface area contributed by atoms with E-state index in [1.807, 2.05) is 77.7 Å². The van der Waals surface area contributed by atoms with Gasteiger partial charge in [0, 0.05) is 30.1 Å². The Balaban J connectivity index is 1.26. The second-order valence-electron chi connectivity index (χ2n) is 9.83. The molecule has 0 spiro atoms. The molecule has 3 aromatic carbocycles. The van der Waals surface area contributed by atoms with Crippen molar-refractivity contribution in [2.75, 3.05) is 18.4 Å². The number of anilines is 1. The number of hydrogen-bond donors (Lipinski definition) is 1. The standard InChI is InChI=1S/C32H29N3O2/c36-31(33-25-11-5-2-6-12-25)23-17-19-35(20-18-23)32(37)29-26-13-7-8-14-28(26)34-30-24(15-16-27(29)30)21-22-9-3-1-4-10-22/h1-14,21,23H,15-20H2,(H,33,36)/b24-21+. The van der Waals surface area contributed by atoms with Gasteiger partial charge in [0.25, 0.3) is 5.91 Å². The Morgan fingerprint density at radius 3 is 2.27 bits per heavy atom. The summed E-state index contributed by atoms with van der Waals surface area (Å²) in [5.41, 5.74) is 6.76. The van der Waals surface area contributed by atoms with Crippen molar-refractivity contribution in [1.29, 1.82) is 0 Å². The number of rotatable bonds is 4. The Morgan fingerprint density at radius 1 is 0.838 bits per heavy atom. The summed E-state index contributed by atoms with van der Waals surface area (Å²) in [6.45, 7) is 1.15. The Labute approximate surface area is 216 Å². The molecule has 5 nitrogen and oxygen atoms in total. The first kappa shape index (κ1) is 23.2. The van der Waals surface area contributed by atoms with E-state index in [1.165, 1.54) is 5.57 Å². The number of carbonyl (C=O) groups is 2. The number of allylic oxidation sites excluding steroid dienone is 1. The van der Waals surface area contributed by atoms with Gasteiger partial charge in [-0.2, -0.15) is 0 Å². The first-order valence-electron chi connectivity index (χ1n) is 13.0. The summed E-state index contributed by atoms with van der Waals surface area (Å²) in [7, 11) is 0. The zero-order valence-corrected chi connectivity index (χ0v) is 20.7. The number of amides is 2. The fourth-order valence-corrected chi connectivity index (χ4v) is 5.54. The lowest BCUT2D eigenvalue weighted by atomic mass is 9.94. The normalized spacial score (nSPS) is 16.6. The molecule has 1 fully saturated rings. The van der Waals surface area contributed by atoms with E-state index in [9.17, 15) is 9.59 Å². The van der Waals surface area contributed by atoms with Crippen LogP contribution < -0.4 is 5.32 Å². The van der Waals surface area contributed by atoms with Crippen LogP contribution >= 0.6 is 0 Å². The smallest absolute Gasteiger partial charge is 0.254 e. The van der Waals surface area contributed by atoms with E-state index in [0.717, 1.165) is 51.8 Å². The van der Waals surface area contributed by atoms with Crippen molar-refractivity contribution >= 4 is 40.1 Å². The Hall–Kier alpha value is -4.25. The third kappa shape index (κ3) is 4.65. The molecule has 1 aliphatic heterocycles. The molecule has 0 saturated carbocycles. The third-order valence-corrected chi connectivity index (χ3v) is 7.49. The molecule has 184 valence electrons. The van der Waals surface area contributed by atoms with Crippen molar-refractivity contribution in [3.05, 3.63) is 107 Å². The van der Waals surface area contributed by atoms with Crippen molar-refractivity contribution < 1.29 is 9.59 Å².